The molecular formula is C25H31O-. The average molecular weight is 348 g/mol. The summed E-state index contributed by atoms with van der Waals surface area (Å²) >= 11 is 0. The van der Waals surface area contributed by atoms with E-state index < -0.39 is 0 Å². The summed E-state index contributed by atoms with van der Waals surface area (Å²) in [7, 11) is 0. The van der Waals surface area contributed by atoms with Gasteiger partial charge in [0.1, 0.15) is 11.5 Å². The Labute approximate surface area is 158 Å². The van der Waals surface area contributed by atoms with E-state index in [0.29, 0.717) is 11.8 Å². The lowest BCUT2D eigenvalue weighted by atomic mass is 9.77. The molecule has 2 saturated carbocycles. The van der Waals surface area contributed by atoms with Gasteiger partial charge in [0.15, 0.2) is 0 Å². The molecule has 2 aliphatic carbocycles. The third-order valence-electron chi connectivity index (χ3n) is 6.36. The molecule has 2 aliphatic rings. The van der Waals surface area contributed by atoms with Crippen LogP contribution in [-0.4, -0.2) is 0 Å². The Hall–Kier alpha value is -1.89. The van der Waals surface area contributed by atoms with Gasteiger partial charge in [0.25, 0.3) is 0 Å². The van der Waals surface area contributed by atoms with E-state index >= 15 is 0 Å². The van der Waals surface area contributed by atoms with E-state index in [-0.39, 0.29) is 0 Å². The highest BCUT2D eigenvalue weighted by molar-refractivity contribution is 5.48. The van der Waals surface area contributed by atoms with E-state index in [2.05, 4.69) is 19.1 Å². The third kappa shape index (κ3) is 3.92. The largest absolute Gasteiger partial charge is 0.460 e. The first-order valence-electron chi connectivity index (χ1n) is 10.5. The van der Waals surface area contributed by atoms with Crippen LogP contribution in [0.3, 0.4) is 0 Å². The van der Waals surface area contributed by atoms with Gasteiger partial charge in [-0.05, 0) is 12.1 Å². The molecule has 2 aromatic rings. The molecule has 0 aromatic heterocycles. The maximum atomic E-state index is 6.27. The lowest BCUT2D eigenvalue weighted by Gasteiger charge is -2.35. The van der Waals surface area contributed by atoms with Gasteiger partial charge in [-0.2, -0.15) is 12.5 Å². The molecule has 0 saturated heterocycles. The fraction of sp³-hybridized carbons (Fsp3) is 0.480. The van der Waals surface area contributed by atoms with Crippen LogP contribution in [0.4, 0.5) is 0 Å². The monoisotopic (exact) mass is 347 g/mol. The van der Waals surface area contributed by atoms with Crippen LogP contribution in [0.1, 0.15) is 92.7 Å². The fourth-order valence-corrected chi connectivity index (χ4v) is 4.93. The molecule has 2 aromatic carbocycles. The van der Waals surface area contributed by atoms with Crippen molar-refractivity contribution in [3.63, 3.8) is 0 Å². The smallest absolute Gasteiger partial charge is 0.127 e. The summed E-state index contributed by atoms with van der Waals surface area (Å²) in [5.74, 6) is 3.26. The predicted molar refractivity (Wildman–Crippen MR) is 109 cm³/mol. The molecule has 2 fully saturated rings. The van der Waals surface area contributed by atoms with Gasteiger partial charge in [-0.25, -0.2) is 0 Å². The van der Waals surface area contributed by atoms with Crippen LogP contribution in [0.2, 0.25) is 0 Å². The van der Waals surface area contributed by atoms with E-state index in [0.717, 1.165) is 11.5 Å². The molecule has 0 amide bonds. The topological polar surface area (TPSA) is 9.23 Å². The molecule has 0 aliphatic heterocycles. The quantitative estimate of drug-likeness (QED) is 0.513. The number of hydrogen-bond acceptors (Lipinski definition) is 1. The van der Waals surface area contributed by atoms with Gasteiger partial charge in [-0.3, -0.25) is 0 Å². The van der Waals surface area contributed by atoms with Gasteiger partial charge in [-0.1, -0.05) is 106 Å². The normalized spacial score (nSPS) is 19.4. The Balaban J connectivity index is 1.70. The second-order valence-corrected chi connectivity index (χ2v) is 8.17. The third-order valence-corrected chi connectivity index (χ3v) is 6.36. The summed E-state index contributed by atoms with van der Waals surface area (Å²) in [6, 6.07) is 14.8. The van der Waals surface area contributed by atoms with Crippen molar-refractivity contribution < 1.29 is 4.74 Å². The van der Waals surface area contributed by atoms with Gasteiger partial charge in [0, 0.05) is 0 Å². The van der Waals surface area contributed by atoms with Gasteiger partial charge >= 0.3 is 0 Å². The van der Waals surface area contributed by atoms with Crippen molar-refractivity contribution in [1.29, 1.82) is 0 Å². The Kier molecular flexibility index (Phi) is 5.53. The van der Waals surface area contributed by atoms with Crippen LogP contribution in [0.25, 0.3) is 0 Å². The summed E-state index contributed by atoms with van der Waals surface area (Å²) in [6.07, 6.45) is 13.4. The summed E-state index contributed by atoms with van der Waals surface area (Å²) in [6.45, 7) is 4.56. The van der Waals surface area contributed by atoms with Crippen LogP contribution in [0.5, 0.6) is 11.5 Å². The number of hydrogen-bond donors (Lipinski definition) is 0. The van der Waals surface area contributed by atoms with Crippen molar-refractivity contribution in [3.8, 4) is 11.5 Å². The summed E-state index contributed by atoms with van der Waals surface area (Å²) in [5, 5.41) is 0. The zero-order valence-corrected chi connectivity index (χ0v) is 15.9. The van der Waals surface area contributed by atoms with Crippen molar-refractivity contribution in [1.82, 2.24) is 0 Å². The van der Waals surface area contributed by atoms with Gasteiger partial charge < -0.3 is 4.74 Å². The van der Waals surface area contributed by atoms with Crippen LogP contribution in [-0.2, 0) is 0 Å². The molecule has 26 heavy (non-hydrogen) atoms. The van der Waals surface area contributed by atoms with Crippen molar-refractivity contribution in [2.75, 3.05) is 0 Å². The lowest BCUT2D eigenvalue weighted by Crippen LogP contribution is -2.11. The van der Waals surface area contributed by atoms with Crippen molar-refractivity contribution >= 4 is 0 Å². The van der Waals surface area contributed by atoms with Crippen molar-refractivity contribution in [2.45, 2.75) is 76.0 Å². The van der Waals surface area contributed by atoms with Crippen molar-refractivity contribution in [3.05, 3.63) is 66.1 Å². The molecule has 138 valence electrons. The highest BCUT2D eigenvalue weighted by Gasteiger charge is 2.19. The summed E-state index contributed by atoms with van der Waals surface area (Å²) in [4.78, 5) is 0. The highest BCUT2D eigenvalue weighted by atomic mass is 16.5. The average Bonchev–Trinajstić information content (AvgIpc) is 2.71. The van der Waals surface area contributed by atoms with Crippen molar-refractivity contribution in [2.24, 2.45) is 0 Å². The zero-order chi connectivity index (χ0) is 17.8. The summed E-state index contributed by atoms with van der Waals surface area (Å²) in [5.41, 5.74) is 4.22. The predicted octanol–water partition coefficient (Wildman–Crippen LogP) is 7.76. The Morgan fingerprint density at radius 1 is 0.654 bits per heavy atom. The van der Waals surface area contributed by atoms with Crippen LogP contribution >= 0.6 is 0 Å². The Morgan fingerprint density at radius 2 is 1.15 bits per heavy atom. The number of benzene rings is 2. The van der Waals surface area contributed by atoms with Gasteiger partial charge in [-0.15, -0.1) is 11.1 Å². The molecule has 0 bridgehead atoms. The molecule has 0 heterocycles. The minimum Gasteiger partial charge on any atom is -0.460 e. The molecule has 1 heteroatoms. The second kappa shape index (κ2) is 8.20. The Morgan fingerprint density at radius 3 is 1.65 bits per heavy atom. The minimum atomic E-state index is 0.665. The first-order valence-corrected chi connectivity index (χ1v) is 10.5. The molecule has 0 atom stereocenters. The molecular weight excluding hydrogens is 316 g/mol. The summed E-state index contributed by atoms with van der Waals surface area (Å²) < 4.78 is 6.27. The lowest BCUT2D eigenvalue weighted by molar-refractivity contribution is 0.427. The van der Waals surface area contributed by atoms with Crippen LogP contribution in [0, 0.1) is 6.92 Å². The van der Waals surface area contributed by atoms with E-state index in [1.807, 2.05) is 30.3 Å². The molecule has 0 unspecified atom stereocenters. The molecule has 0 radical (unpaired) electrons. The van der Waals surface area contributed by atoms with Crippen LogP contribution < -0.4 is 4.74 Å². The SMILES string of the molecule is [CH2-]c1c(C2CCCCC2)cc(Oc2ccccc2)cc1C1CCCCC1. The minimum absolute atomic E-state index is 0.665. The maximum absolute atomic E-state index is 6.27. The molecule has 0 spiro atoms. The van der Waals surface area contributed by atoms with Gasteiger partial charge in [0.2, 0.25) is 0 Å². The maximum Gasteiger partial charge on any atom is 0.127 e. The number of ether oxygens (including phenoxy) is 1. The molecule has 1 nitrogen and oxygen atoms in total. The van der Waals surface area contributed by atoms with E-state index in [1.54, 1.807) is 0 Å². The molecule has 0 N–H and O–H groups in total. The van der Waals surface area contributed by atoms with E-state index in [4.69, 9.17) is 4.74 Å². The van der Waals surface area contributed by atoms with Gasteiger partial charge in [0.05, 0.1) is 0 Å². The van der Waals surface area contributed by atoms with Crippen LogP contribution in [0.15, 0.2) is 42.5 Å². The first-order chi connectivity index (χ1) is 12.8. The van der Waals surface area contributed by atoms with E-state index in [1.165, 1.54) is 80.9 Å². The second-order valence-electron chi connectivity index (χ2n) is 8.17. The zero-order valence-electron chi connectivity index (χ0n) is 15.9. The highest BCUT2D eigenvalue weighted by Crippen LogP contribution is 2.42. The Bertz CT molecular complexity index is 667. The van der Waals surface area contributed by atoms with E-state index in [9.17, 15) is 0 Å². The fourth-order valence-electron chi connectivity index (χ4n) is 4.93. The molecule has 4 rings (SSSR count). The first kappa shape index (κ1) is 17.5. The number of rotatable bonds is 4. The number of para-hydroxylation sites is 1. The standard InChI is InChI=1S/C25H31O/c1-19-24(20-11-5-2-6-12-20)17-23(26-22-15-9-4-10-16-22)18-25(19)21-13-7-3-8-14-21/h4,9-10,15-18,20-21H,1-3,5-8,11-14H2/q-1.